The van der Waals surface area contributed by atoms with Gasteiger partial charge in [-0.2, -0.15) is 0 Å². The predicted molar refractivity (Wildman–Crippen MR) is 120 cm³/mol. The van der Waals surface area contributed by atoms with Crippen LogP contribution in [-0.2, 0) is 4.74 Å². The Kier molecular flexibility index (Phi) is 9.82. The maximum Gasteiger partial charge on any atom is 0.0640 e. The molecular formula is C25H51NO. The summed E-state index contributed by atoms with van der Waals surface area (Å²) in [5, 5.41) is 0. The van der Waals surface area contributed by atoms with Gasteiger partial charge in [0, 0.05) is 18.7 Å². The van der Waals surface area contributed by atoms with Gasteiger partial charge in [-0.25, -0.2) is 0 Å². The van der Waals surface area contributed by atoms with Gasteiger partial charge < -0.3 is 4.74 Å². The van der Waals surface area contributed by atoms with Crippen LogP contribution in [0.5, 0.6) is 0 Å². The summed E-state index contributed by atoms with van der Waals surface area (Å²) in [6.07, 6.45) is 15.0. The van der Waals surface area contributed by atoms with Gasteiger partial charge in [0.1, 0.15) is 0 Å². The van der Waals surface area contributed by atoms with Gasteiger partial charge in [-0.05, 0) is 84.6 Å². The Morgan fingerprint density at radius 3 is 1.96 bits per heavy atom. The van der Waals surface area contributed by atoms with Gasteiger partial charge in [-0.15, -0.1) is 0 Å². The fourth-order valence-electron chi connectivity index (χ4n) is 5.52. The maximum atomic E-state index is 5.72. The van der Waals surface area contributed by atoms with Crippen LogP contribution in [0.3, 0.4) is 0 Å². The number of methoxy groups -OCH3 is 1. The third-order valence-electron chi connectivity index (χ3n) is 8.00. The lowest BCUT2D eigenvalue weighted by Crippen LogP contribution is -2.52. The molecule has 0 saturated heterocycles. The zero-order valence-electron chi connectivity index (χ0n) is 20.3. The van der Waals surface area contributed by atoms with Gasteiger partial charge in [-0.3, -0.25) is 4.90 Å². The van der Waals surface area contributed by atoms with E-state index >= 15 is 0 Å². The fraction of sp³-hybridized carbons (Fsp3) is 1.00. The molecule has 0 N–H and O–H groups in total. The van der Waals surface area contributed by atoms with Gasteiger partial charge in [0.05, 0.1) is 5.60 Å². The van der Waals surface area contributed by atoms with Crippen molar-refractivity contribution in [2.75, 3.05) is 14.2 Å². The van der Waals surface area contributed by atoms with Gasteiger partial charge in [0.2, 0.25) is 0 Å². The summed E-state index contributed by atoms with van der Waals surface area (Å²) in [5.41, 5.74) is 0.671. The van der Waals surface area contributed by atoms with Crippen LogP contribution in [0.2, 0.25) is 0 Å². The molecule has 0 radical (unpaired) electrons. The molecule has 162 valence electrons. The highest BCUT2D eigenvalue weighted by Crippen LogP contribution is 2.46. The lowest BCUT2D eigenvalue weighted by molar-refractivity contribution is -0.0428. The first-order valence-electron chi connectivity index (χ1n) is 11.8. The molecule has 0 aromatic heterocycles. The Morgan fingerprint density at radius 2 is 1.48 bits per heavy atom. The number of hydrogen-bond donors (Lipinski definition) is 0. The summed E-state index contributed by atoms with van der Waals surface area (Å²) in [7, 11) is 4.19. The summed E-state index contributed by atoms with van der Waals surface area (Å²) in [4.78, 5) is 2.66. The van der Waals surface area contributed by atoms with Crippen molar-refractivity contribution in [1.82, 2.24) is 4.90 Å². The number of nitrogens with zero attached hydrogens (tertiary/aromatic N) is 1. The summed E-state index contributed by atoms with van der Waals surface area (Å²) in [6, 6.07) is 0.727. The predicted octanol–water partition coefficient (Wildman–Crippen LogP) is 7.46. The Morgan fingerprint density at radius 1 is 0.889 bits per heavy atom. The molecule has 0 spiro atoms. The summed E-state index contributed by atoms with van der Waals surface area (Å²) in [5.74, 6) is 0.923. The van der Waals surface area contributed by atoms with E-state index < -0.39 is 0 Å². The quantitative estimate of drug-likeness (QED) is 0.325. The molecule has 0 aliphatic heterocycles. The van der Waals surface area contributed by atoms with E-state index in [9.17, 15) is 0 Å². The number of rotatable bonds is 12. The first kappa shape index (κ1) is 25.0. The largest absolute Gasteiger partial charge is 0.379 e. The van der Waals surface area contributed by atoms with Crippen molar-refractivity contribution < 1.29 is 4.74 Å². The average Bonchev–Trinajstić information content (AvgIpc) is 2.63. The van der Waals surface area contributed by atoms with Gasteiger partial charge >= 0.3 is 0 Å². The minimum atomic E-state index is -0.0613. The third kappa shape index (κ3) is 7.35. The smallest absolute Gasteiger partial charge is 0.0640 e. The topological polar surface area (TPSA) is 12.5 Å². The lowest BCUT2D eigenvalue weighted by Gasteiger charge is -2.48. The maximum absolute atomic E-state index is 5.72. The third-order valence-corrected chi connectivity index (χ3v) is 8.00. The van der Waals surface area contributed by atoms with Crippen molar-refractivity contribution in [3.63, 3.8) is 0 Å². The second-order valence-corrected chi connectivity index (χ2v) is 10.9. The van der Waals surface area contributed by atoms with Crippen molar-refractivity contribution in [3.05, 3.63) is 0 Å². The van der Waals surface area contributed by atoms with Crippen LogP contribution in [0.1, 0.15) is 119 Å². The molecule has 1 fully saturated rings. The molecular weight excluding hydrogens is 330 g/mol. The molecule has 0 bridgehead atoms. The molecule has 0 aromatic rings. The Labute approximate surface area is 171 Å². The van der Waals surface area contributed by atoms with Crippen molar-refractivity contribution in [3.8, 4) is 0 Å². The van der Waals surface area contributed by atoms with Crippen LogP contribution >= 0.6 is 0 Å². The zero-order chi connectivity index (χ0) is 20.7. The number of ether oxygens (including phenoxy) is 1. The first-order valence-corrected chi connectivity index (χ1v) is 11.8. The van der Waals surface area contributed by atoms with E-state index in [-0.39, 0.29) is 11.1 Å². The number of unbranched alkanes of at least 4 members (excludes halogenated alkanes) is 3. The molecule has 0 aromatic carbocycles. The molecule has 2 nitrogen and oxygen atoms in total. The van der Waals surface area contributed by atoms with Crippen LogP contribution < -0.4 is 0 Å². The monoisotopic (exact) mass is 381 g/mol. The highest BCUT2D eigenvalue weighted by Gasteiger charge is 2.39. The lowest BCUT2D eigenvalue weighted by atomic mass is 9.65. The second kappa shape index (κ2) is 10.6. The molecule has 2 heteroatoms. The average molecular weight is 382 g/mol. The van der Waals surface area contributed by atoms with E-state index in [1.165, 1.54) is 64.2 Å². The molecule has 1 saturated carbocycles. The minimum Gasteiger partial charge on any atom is -0.379 e. The van der Waals surface area contributed by atoms with E-state index in [1.807, 2.05) is 7.11 Å². The van der Waals surface area contributed by atoms with Crippen molar-refractivity contribution >= 4 is 0 Å². The van der Waals surface area contributed by atoms with Crippen LogP contribution in [0.25, 0.3) is 0 Å². The molecule has 1 atom stereocenters. The normalized spacial score (nSPS) is 24.2. The zero-order valence-corrected chi connectivity index (χ0v) is 20.3. The Balaban J connectivity index is 2.60. The Hall–Kier alpha value is -0.0800. The van der Waals surface area contributed by atoms with Crippen molar-refractivity contribution in [2.45, 2.75) is 136 Å². The highest BCUT2D eigenvalue weighted by atomic mass is 16.5. The molecule has 0 amide bonds. The molecule has 1 aliphatic carbocycles. The fourth-order valence-corrected chi connectivity index (χ4v) is 5.52. The Bertz CT molecular complexity index is 409. The van der Waals surface area contributed by atoms with E-state index in [1.54, 1.807) is 0 Å². The molecule has 1 aliphatic rings. The van der Waals surface area contributed by atoms with Crippen LogP contribution in [-0.4, -0.2) is 36.2 Å². The van der Waals surface area contributed by atoms with Gasteiger partial charge in [0.15, 0.2) is 0 Å². The number of hydrogen-bond acceptors (Lipinski definition) is 2. The van der Waals surface area contributed by atoms with E-state index in [4.69, 9.17) is 4.74 Å². The van der Waals surface area contributed by atoms with Crippen LogP contribution in [0.15, 0.2) is 0 Å². The van der Waals surface area contributed by atoms with Gasteiger partial charge in [0.25, 0.3) is 0 Å². The standard InChI is InChI=1S/C25H51NO/c1-10-12-13-14-19-25(7,11-2)21-15-17-22(18-16-21)26(8)23(3,4)20-24(5,6)27-9/h21-22H,10-20H2,1-9H3. The van der Waals surface area contributed by atoms with E-state index in [0.29, 0.717) is 5.41 Å². The SMILES string of the molecule is CCCCCCC(C)(CC)C1CCC(N(C)C(C)(C)CC(C)(C)OC)CC1. The van der Waals surface area contributed by atoms with Crippen molar-refractivity contribution in [2.24, 2.45) is 11.3 Å². The summed E-state index contributed by atoms with van der Waals surface area (Å²) >= 11 is 0. The van der Waals surface area contributed by atoms with Crippen LogP contribution in [0, 0.1) is 11.3 Å². The van der Waals surface area contributed by atoms with E-state index in [0.717, 1.165) is 18.4 Å². The first-order chi connectivity index (χ1) is 12.5. The second-order valence-electron chi connectivity index (χ2n) is 10.9. The summed E-state index contributed by atoms with van der Waals surface area (Å²) in [6.45, 7) is 16.5. The minimum absolute atomic E-state index is 0.0613. The molecule has 1 unspecified atom stereocenters. The molecule has 27 heavy (non-hydrogen) atoms. The molecule has 0 heterocycles. The van der Waals surface area contributed by atoms with Crippen LogP contribution in [0.4, 0.5) is 0 Å². The summed E-state index contributed by atoms with van der Waals surface area (Å²) < 4.78 is 5.72. The van der Waals surface area contributed by atoms with E-state index in [2.05, 4.69) is 60.4 Å². The molecule has 1 rings (SSSR count). The van der Waals surface area contributed by atoms with Crippen molar-refractivity contribution in [1.29, 1.82) is 0 Å². The highest BCUT2D eigenvalue weighted by molar-refractivity contribution is 4.93. The van der Waals surface area contributed by atoms with Gasteiger partial charge in [-0.1, -0.05) is 52.9 Å².